The monoisotopic (exact) mass is 468 g/mol. The lowest BCUT2D eigenvalue weighted by molar-refractivity contribution is 0.463. The molecule has 0 bridgehead atoms. The van der Waals surface area contributed by atoms with Gasteiger partial charge in [-0.3, -0.25) is 4.99 Å². The number of amidine groups is 1. The van der Waals surface area contributed by atoms with E-state index in [4.69, 9.17) is 5.73 Å². The minimum Gasteiger partial charge on any atom is -0.386 e. The van der Waals surface area contributed by atoms with Gasteiger partial charge in [0.05, 0.1) is 17.1 Å². The number of fused-ring (bicyclic) bond motifs is 1. The Morgan fingerprint density at radius 3 is 2.64 bits per heavy atom. The normalized spacial score (nSPS) is 26.8. The number of nitrogens with two attached hydrogens (primary N) is 1. The highest BCUT2D eigenvalue weighted by atomic mass is 32.2. The van der Waals surface area contributed by atoms with Crippen LogP contribution in [0.25, 0.3) is 11.2 Å². The van der Waals surface area contributed by atoms with Crippen molar-refractivity contribution in [2.24, 2.45) is 16.6 Å². The van der Waals surface area contributed by atoms with Crippen LogP contribution in [0.4, 0.5) is 4.39 Å². The zero-order chi connectivity index (χ0) is 23.6. The first-order valence-corrected chi connectivity index (χ1v) is 12.5. The quantitative estimate of drug-likeness (QED) is 0.624. The van der Waals surface area contributed by atoms with Gasteiger partial charge in [-0.25, -0.2) is 32.7 Å². The molecule has 172 valence electrons. The number of benzene rings is 1. The van der Waals surface area contributed by atoms with E-state index < -0.39 is 25.9 Å². The van der Waals surface area contributed by atoms with Crippen molar-refractivity contribution < 1.29 is 12.8 Å². The van der Waals surface area contributed by atoms with Crippen molar-refractivity contribution in [3.05, 3.63) is 59.1 Å². The lowest BCUT2D eigenvalue weighted by atomic mass is 9.90. The first kappa shape index (κ1) is 21.8. The van der Waals surface area contributed by atoms with Crippen LogP contribution in [0.5, 0.6) is 0 Å². The minimum absolute atomic E-state index is 0.0252. The van der Waals surface area contributed by atoms with Gasteiger partial charge in [-0.05, 0) is 51.2 Å². The number of hydrogen-bond donors (Lipinski definition) is 1. The highest BCUT2D eigenvalue weighted by Gasteiger charge is 2.58. The highest BCUT2D eigenvalue weighted by molar-refractivity contribution is 7.93. The van der Waals surface area contributed by atoms with E-state index in [-0.39, 0.29) is 23.1 Å². The van der Waals surface area contributed by atoms with Crippen LogP contribution in [0.1, 0.15) is 49.2 Å². The van der Waals surface area contributed by atoms with Crippen molar-refractivity contribution in [2.75, 3.05) is 5.75 Å². The second-order valence-electron chi connectivity index (χ2n) is 9.41. The van der Waals surface area contributed by atoms with Gasteiger partial charge in [-0.15, -0.1) is 0 Å². The molecule has 1 aliphatic carbocycles. The molecule has 0 amide bonds. The van der Waals surface area contributed by atoms with Gasteiger partial charge >= 0.3 is 0 Å². The zero-order valence-electron chi connectivity index (χ0n) is 18.7. The van der Waals surface area contributed by atoms with E-state index in [0.29, 0.717) is 23.3 Å². The smallest absolute Gasteiger partial charge is 0.181 e. The highest BCUT2D eigenvalue weighted by Crippen LogP contribution is 2.49. The van der Waals surface area contributed by atoms with Crippen molar-refractivity contribution in [3.63, 3.8) is 0 Å². The van der Waals surface area contributed by atoms with Gasteiger partial charge in [0.15, 0.2) is 15.5 Å². The molecular weight excluding hydrogens is 443 g/mol. The number of aliphatic imine (C=N–C) groups is 1. The Balaban J connectivity index is 1.56. The summed E-state index contributed by atoms with van der Waals surface area (Å²) in [5.41, 5.74) is 8.33. The summed E-state index contributed by atoms with van der Waals surface area (Å²) >= 11 is 0. The molecule has 1 saturated carbocycles. The SMILES string of the molecule is Cc1cnc2c(Cc3ccc(F)c([C@]4(C)CS(=O)(=O)[C@@](C)(C5CC5)C(N)=N4)c3)ncnc2n1. The summed E-state index contributed by atoms with van der Waals surface area (Å²) in [6.07, 6.45) is 5.04. The first-order valence-electron chi connectivity index (χ1n) is 10.8. The van der Waals surface area contributed by atoms with E-state index in [1.54, 1.807) is 32.2 Å². The summed E-state index contributed by atoms with van der Waals surface area (Å²) in [5, 5.41) is 0. The van der Waals surface area contributed by atoms with Gasteiger partial charge in [0.1, 0.15) is 33.8 Å². The summed E-state index contributed by atoms with van der Waals surface area (Å²) < 4.78 is 40.5. The van der Waals surface area contributed by atoms with Crippen LogP contribution >= 0.6 is 0 Å². The van der Waals surface area contributed by atoms with Crippen LogP contribution in [0.2, 0.25) is 0 Å². The van der Waals surface area contributed by atoms with Gasteiger partial charge in [-0.2, -0.15) is 0 Å². The Labute approximate surface area is 191 Å². The summed E-state index contributed by atoms with van der Waals surface area (Å²) in [4.78, 5) is 21.9. The third-order valence-electron chi connectivity index (χ3n) is 6.87. The van der Waals surface area contributed by atoms with E-state index in [0.717, 1.165) is 24.1 Å². The van der Waals surface area contributed by atoms with Gasteiger partial charge in [0.25, 0.3) is 0 Å². The maximum Gasteiger partial charge on any atom is 0.181 e. The molecule has 0 radical (unpaired) electrons. The molecule has 2 aromatic heterocycles. The predicted octanol–water partition coefficient (Wildman–Crippen LogP) is 2.63. The number of aryl methyl sites for hydroxylation is 1. The summed E-state index contributed by atoms with van der Waals surface area (Å²) in [7, 11) is -3.65. The standard InChI is InChI=1S/C23H25FN6O2S/c1-13-10-26-19-18(27-12-28-20(19)29-13)9-14-4-7-17(24)16(8-14)22(2)11-33(31,32)23(3,15-5-6-15)21(25)30-22/h4,7-8,10,12,15H,5-6,9,11H2,1-3H3,(H2,25,30)/t22-,23-/m0/s1. The number of halogens is 1. The fourth-order valence-corrected chi connectivity index (χ4v) is 7.08. The second-order valence-corrected chi connectivity index (χ2v) is 11.8. The van der Waals surface area contributed by atoms with Crippen molar-refractivity contribution in [1.82, 2.24) is 19.9 Å². The van der Waals surface area contributed by atoms with Crippen LogP contribution in [-0.4, -0.2) is 44.7 Å². The third-order valence-corrected chi connectivity index (χ3v) is 9.65. The molecule has 0 spiro atoms. The van der Waals surface area contributed by atoms with E-state index in [1.165, 1.54) is 12.4 Å². The van der Waals surface area contributed by atoms with Gasteiger partial charge in [0.2, 0.25) is 0 Å². The van der Waals surface area contributed by atoms with Crippen LogP contribution in [0.15, 0.2) is 35.7 Å². The molecule has 10 heteroatoms. The summed E-state index contributed by atoms with van der Waals surface area (Å²) in [6, 6.07) is 4.63. The zero-order valence-corrected chi connectivity index (χ0v) is 19.5. The minimum atomic E-state index is -3.65. The van der Waals surface area contributed by atoms with Gasteiger partial charge < -0.3 is 5.73 Å². The molecule has 5 rings (SSSR count). The molecule has 2 aliphatic rings. The number of aromatic nitrogens is 4. The number of sulfone groups is 1. The van der Waals surface area contributed by atoms with E-state index in [2.05, 4.69) is 24.9 Å². The molecule has 2 atom stereocenters. The van der Waals surface area contributed by atoms with Crippen molar-refractivity contribution in [3.8, 4) is 0 Å². The first-order chi connectivity index (χ1) is 15.5. The molecule has 3 heterocycles. The molecule has 1 fully saturated rings. The summed E-state index contributed by atoms with van der Waals surface area (Å²) in [6.45, 7) is 5.11. The molecule has 2 N–H and O–H groups in total. The number of hydrogen-bond acceptors (Lipinski definition) is 8. The Morgan fingerprint density at radius 2 is 1.94 bits per heavy atom. The van der Waals surface area contributed by atoms with E-state index >= 15 is 4.39 Å². The topological polar surface area (TPSA) is 124 Å². The van der Waals surface area contributed by atoms with Crippen molar-refractivity contribution in [2.45, 2.75) is 50.3 Å². The molecule has 33 heavy (non-hydrogen) atoms. The molecule has 0 unspecified atom stereocenters. The maximum atomic E-state index is 15.0. The third kappa shape index (κ3) is 3.47. The molecule has 8 nitrogen and oxygen atoms in total. The van der Waals surface area contributed by atoms with E-state index in [9.17, 15) is 8.42 Å². The fourth-order valence-electron chi connectivity index (χ4n) is 4.71. The number of rotatable bonds is 4. The maximum absolute atomic E-state index is 15.0. The van der Waals surface area contributed by atoms with Crippen molar-refractivity contribution in [1.29, 1.82) is 0 Å². The van der Waals surface area contributed by atoms with Crippen LogP contribution in [-0.2, 0) is 21.8 Å². The number of nitrogens with zero attached hydrogens (tertiary/aromatic N) is 5. The predicted molar refractivity (Wildman–Crippen MR) is 123 cm³/mol. The molecule has 1 aromatic carbocycles. The Kier molecular flexibility index (Phi) is 4.79. The largest absolute Gasteiger partial charge is 0.386 e. The fraction of sp³-hybridized carbons (Fsp3) is 0.435. The average Bonchev–Trinajstić information content (AvgIpc) is 3.58. The lowest BCUT2D eigenvalue weighted by Gasteiger charge is -2.40. The lowest BCUT2D eigenvalue weighted by Crippen LogP contribution is -2.58. The van der Waals surface area contributed by atoms with Gasteiger partial charge in [0, 0.05) is 18.2 Å². The summed E-state index contributed by atoms with van der Waals surface area (Å²) in [5.74, 6) is -0.778. The molecule has 1 aliphatic heterocycles. The molecule has 3 aromatic rings. The van der Waals surface area contributed by atoms with Crippen LogP contribution < -0.4 is 5.73 Å². The molecule has 0 saturated heterocycles. The van der Waals surface area contributed by atoms with Crippen molar-refractivity contribution >= 4 is 26.8 Å². The van der Waals surface area contributed by atoms with Crippen LogP contribution in [0.3, 0.4) is 0 Å². The Morgan fingerprint density at radius 1 is 1.18 bits per heavy atom. The average molecular weight is 469 g/mol. The van der Waals surface area contributed by atoms with E-state index in [1.807, 2.05) is 6.92 Å². The van der Waals surface area contributed by atoms with Crippen LogP contribution in [0, 0.1) is 18.7 Å². The second kappa shape index (κ2) is 7.24. The Hall–Kier alpha value is -3.01. The Bertz CT molecular complexity index is 1420. The van der Waals surface area contributed by atoms with Gasteiger partial charge in [-0.1, -0.05) is 12.1 Å². The molecular formula is C23H25FN6O2S.